The number of aryl methyl sites for hydroxylation is 2. The average Bonchev–Trinajstić information content (AvgIpc) is 2.48. The van der Waals surface area contributed by atoms with Gasteiger partial charge in [-0.25, -0.2) is 4.98 Å². The number of rotatable bonds is 3. The van der Waals surface area contributed by atoms with E-state index in [4.69, 9.17) is 11.6 Å². The fraction of sp³-hybridized carbons (Fsp3) is 0.176. The molecule has 0 aliphatic rings. The van der Waals surface area contributed by atoms with Crippen LogP contribution in [0.5, 0.6) is 0 Å². The topological polar surface area (TPSA) is 46.4 Å². The van der Waals surface area contributed by atoms with Crippen molar-refractivity contribution in [2.45, 2.75) is 20.4 Å². The first-order valence-corrected chi connectivity index (χ1v) is 7.41. The third kappa shape index (κ3) is 2.83. The third-order valence-electron chi connectivity index (χ3n) is 3.58. The molecule has 3 aromatic rings. The number of nitrogens with one attached hydrogen (secondary N) is 1. The van der Waals surface area contributed by atoms with Crippen LogP contribution in [0.2, 0.25) is 5.02 Å². The number of nitrogens with zero attached hydrogens (tertiary/aromatic N) is 2. The second-order valence-corrected chi connectivity index (χ2v) is 5.67. The SMILES string of the molecule is Cc1ccc(NCc2cc(=O)n3c(C)cccc3n2)cc1Cl. The van der Waals surface area contributed by atoms with Gasteiger partial charge in [0.25, 0.3) is 5.56 Å². The Hall–Kier alpha value is -2.33. The summed E-state index contributed by atoms with van der Waals surface area (Å²) in [5.41, 5.74) is 4.10. The van der Waals surface area contributed by atoms with Gasteiger partial charge < -0.3 is 5.32 Å². The Morgan fingerprint density at radius 1 is 1.18 bits per heavy atom. The van der Waals surface area contributed by atoms with Gasteiger partial charge in [-0.2, -0.15) is 0 Å². The second kappa shape index (κ2) is 5.81. The summed E-state index contributed by atoms with van der Waals surface area (Å²) in [6.07, 6.45) is 0. The normalized spacial score (nSPS) is 10.9. The standard InChI is InChI=1S/C17H16ClN3O/c1-11-6-7-13(8-15(11)18)19-10-14-9-17(22)21-12(2)4-3-5-16(21)20-14/h3-9,19H,10H2,1-2H3. The Kier molecular flexibility index (Phi) is 3.86. The van der Waals surface area contributed by atoms with Gasteiger partial charge in [0.1, 0.15) is 5.65 Å². The zero-order valence-electron chi connectivity index (χ0n) is 12.4. The maximum absolute atomic E-state index is 12.2. The van der Waals surface area contributed by atoms with Crippen molar-refractivity contribution in [1.82, 2.24) is 9.38 Å². The van der Waals surface area contributed by atoms with Crippen LogP contribution in [0.1, 0.15) is 17.0 Å². The molecule has 22 heavy (non-hydrogen) atoms. The summed E-state index contributed by atoms with van der Waals surface area (Å²) in [5, 5.41) is 3.96. The van der Waals surface area contributed by atoms with Gasteiger partial charge in [-0.3, -0.25) is 9.20 Å². The lowest BCUT2D eigenvalue weighted by Gasteiger charge is -2.09. The van der Waals surface area contributed by atoms with Crippen molar-refractivity contribution in [3.05, 3.63) is 74.8 Å². The van der Waals surface area contributed by atoms with Crippen LogP contribution >= 0.6 is 11.6 Å². The molecule has 112 valence electrons. The minimum atomic E-state index is -0.0677. The Morgan fingerprint density at radius 2 is 2.00 bits per heavy atom. The number of hydrogen-bond acceptors (Lipinski definition) is 3. The summed E-state index contributed by atoms with van der Waals surface area (Å²) >= 11 is 6.11. The Morgan fingerprint density at radius 3 is 2.77 bits per heavy atom. The predicted octanol–water partition coefficient (Wildman–Crippen LogP) is 3.58. The number of anilines is 1. The quantitative estimate of drug-likeness (QED) is 0.804. The van der Waals surface area contributed by atoms with E-state index in [2.05, 4.69) is 10.3 Å². The van der Waals surface area contributed by atoms with Crippen molar-refractivity contribution in [3.8, 4) is 0 Å². The molecule has 0 spiro atoms. The van der Waals surface area contributed by atoms with Crippen molar-refractivity contribution < 1.29 is 0 Å². The van der Waals surface area contributed by atoms with Crippen LogP contribution < -0.4 is 10.9 Å². The van der Waals surface area contributed by atoms with Crippen LogP contribution in [0.4, 0.5) is 5.69 Å². The van der Waals surface area contributed by atoms with Gasteiger partial charge in [0.15, 0.2) is 0 Å². The molecule has 0 fully saturated rings. The van der Waals surface area contributed by atoms with Crippen molar-refractivity contribution in [3.63, 3.8) is 0 Å². The highest BCUT2D eigenvalue weighted by Crippen LogP contribution is 2.20. The van der Waals surface area contributed by atoms with Crippen molar-refractivity contribution in [2.24, 2.45) is 0 Å². The van der Waals surface area contributed by atoms with Gasteiger partial charge in [-0.1, -0.05) is 23.7 Å². The number of pyridine rings is 1. The van der Waals surface area contributed by atoms with Gasteiger partial charge in [0.05, 0.1) is 12.2 Å². The zero-order valence-corrected chi connectivity index (χ0v) is 13.2. The van der Waals surface area contributed by atoms with Gasteiger partial charge in [-0.05, 0) is 43.7 Å². The summed E-state index contributed by atoms with van der Waals surface area (Å²) < 4.78 is 1.60. The molecule has 0 bridgehead atoms. The molecule has 2 heterocycles. The first-order valence-electron chi connectivity index (χ1n) is 7.03. The fourth-order valence-corrected chi connectivity index (χ4v) is 2.53. The van der Waals surface area contributed by atoms with Gasteiger partial charge >= 0.3 is 0 Å². The molecule has 0 aliphatic carbocycles. The maximum Gasteiger partial charge on any atom is 0.258 e. The van der Waals surface area contributed by atoms with E-state index in [1.165, 1.54) is 0 Å². The van der Waals surface area contributed by atoms with E-state index in [1.807, 2.05) is 50.2 Å². The Balaban J connectivity index is 1.88. The van der Waals surface area contributed by atoms with Crippen LogP contribution in [0.3, 0.4) is 0 Å². The van der Waals surface area contributed by atoms with Gasteiger partial charge in [0.2, 0.25) is 0 Å². The van der Waals surface area contributed by atoms with Crippen molar-refractivity contribution >= 4 is 22.9 Å². The molecule has 3 rings (SSSR count). The van der Waals surface area contributed by atoms with Crippen LogP contribution in [0, 0.1) is 13.8 Å². The molecule has 0 saturated heterocycles. The number of fused-ring (bicyclic) bond motifs is 1. The van der Waals surface area contributed by atoms with Crippen molar-refractivity contribution in [2.75, 3.05) is 5.32 Å². The van der Waals surface area contributed by atoms with Crippen LogP contribution in [-0.2, 0) is 6.54 Å². The minimum absolute atomic E-state index is 0.0677. The Labute approximate surface area is 133 Å². The van der Waals surface area contributed by atoms with E-state index in [1.54, 1.807) is 10.5 Å². The van der Waals surface area contributed by atoms with E-state index in [9.17, 15) is 4.79 Å². The van der Waals surface area contributed by atoms with E-state index < -0.39 is 0 Å². The lowest BCUT2D eigenvalue weighted by atomic mass is 10.2. The molecular weight excluding hydrogens is 298 g/mol. The highest BCUT2D eigenvalue weighted by molar-refractivity contribution is 6.31. The molecule has 0 saturated carbocycles. The number of hydrogen-bond donors (Lipinski definition) is 1. The lowest BCUT2D eigenvalue weighted by molar-refractivity contribution is 0.943. The first kappa shape index (κ1) is 14.6. The highest BCUT2D eigenvalue weighted by atomic mass is 35.5. The highest BCUT2D eigenvalue weighted by Gasteiger charge is 2.04. The summed E-state index contributed by atoms with van der Waals surface area (Å²) in [4.78, 5) is 16.7. The molecule has 0 aliphatic heterocycles. The van der Waals surface area contributed by atoms with E-state index >= 15 is 0 Å². The number of halogens is 1. The average molecular weight is 314 g/mol. The van der Waals surface area contributed by atoms with E-state index in [-0.39, 0.29) is 5.56 Å². The largest absolute Gasteiger partial charge is 0.379 e. The molecule has 4 nitrogen and oxygen atoms in total. The predicted molar refractivity (Wildman–Crippen MR) is 89.7 cm³/mol. The maximum atomic E-state index is 12.2. The summed E-state index contributed by atoms with van der Waals surface area (Å²) in [5.74, 6) is 0. The molecule has 0 atom stereocenters. The van der Waals surface area contributed by atoms with E-state index in [0.717, 1.165) is 16.9 Å². The minimum Gasteiger partial charge on any atom is -0.379 e. The van der Waals surface area contributed by atoms with Crippen LogP contribution in [-0.4, -0.2) is 9.38 Å². The number of benzene rings is 1. The molecule has 0 amide bonds. The molecule has 1 aromatic carbocycles. The molecule has 0 radical (unpaired) electrons. The lowest BCUT2D eigenvalue weighted by Crippen LogP contribution is -2.18. The molecule has 2 aromatic heterocycles. The summed E-state index contributed by atoms with van der Waals surface area (Å²) in [7, 11) is 0. The van der Waals surface area contributed by atoms with Gasteiger partial charge in [0, 0.05) is 22.5 Å². The zero-order chi connectivity index (χ0) is 15.7. The van der Waals surface area contributed by atoms with Crippen molar-refractivity contribution in [1.29, 1.82) is 0 Å². The number of aromatic nitrogens is 2. The van der Waals surface area contributed by atoms with Gasteiger partial charge in [-0.15, -0.1) is 0 Å². The molecule has 1 N–H and O–H groups in total. The molecule has 0 unspecified atom stereocenters. The summed E-state index contributed by atoms with van der Waals surface area (Å²) in [6, 6.07) is 13.0. The third-order valence-corrected chi connectivity index (χ3v) is 3.99. The molecular formula is C17H16ClN3O. The summed E-state index contributed by atoms with van der Waals surface area (Å²) in [6.45, 7) is 4.32. The second-order valence-electron chi connectivity index (χ2n) is 5.26. The fourth-order valence-electron chi connectivity index (χ4n) is 2.35. The van der Waals surface area contributed by atoms with E-state index in [0.29, 0.717) is 22.9 Å². The monoisotopic (exact) mass is 313 g/mol. The Bertz CT molecular complexity index is 902. The van der Waals surface area contributed by atoms with Crippen LogP contribution in [0.25, 0.3) is 5.65 Å². The first-order chi connectivity index (χ1) is 10.5. The van der Waals surface area contributed by atoms with Crippen LogP contribution in [0.15, 0.2) is 47.3 Å². The molecule has 5 heteroatoms. The smallest absolute Gasteiger partial charge is 0.258 e.